The molecule has 0 radical (unpaired) electrons. The first-order chi connectivity index (χ1) is 7.63. The van der Waals surface area contributed by atoms with Gasteiger partial charge in [0.1, 0.15) is 0 Å². The highest BCUT2D eigenvalue weighted by Crippen LogP contribution is 2.34. The molecule has 1 saturated heterocycles. The third-order valence-electron chi connectivity index (χ3n) is 2.73. The largest absolute Gasteiger partial charge is 0.321 e. The molecule has 1 fully saturated rings. The van der Waals surface area contributed by atoms with Gasteiger partial charge in [-0.1, -0.05) is 0 Å². The zero-order valence-electron chi connectivity index (χ0n) is 8.89. The first kappa shape index (κ1) is 12.3. The Balaban J connectivity index is 2.15. The van der Waals surface area contributed by atoms with Gasteiger partial charge < -0.3 is 9.80 Å². The van der Waals surface area contributed by atoms with Crippen LogP contribution in [0.2, 0.25) is 0 Å². The second kappa shape index (κ2) is 4.98. The van der Waals surface area contributed by atoms with Crippen LogP contribution in [0.5, 0.6) is 0 Å². The second-order valence-corrected chi connectivity index (χ2v) is 6.66. The van der Waals surface area contributed by atoms with Crippen molar-refractivity contribution in [2.75, 3.05) is 25.9 Å². The number of rotatable bonds is 3. The monoisotopic (exact) mass is 320 g/mol. The summed E-state index contributed by atoms with van der Waals surface area (Å²) in [6.07, 6.45) is 0. The van der Waals surface area contributed by atoms with Crippen molar-refractivity contribution in [2.24, 2.45) is 0 Å². The summed E-state index contributed by atoms with van der Waals surface area (Å²) < 4.78 is 1.11. The minimum absolute atomic E-state index is 0.101. The quantitative estimate of drug-likeness (QED) is 0.850. The normalized spacial score (nSPS) is 20.9. The highest BCUT2D eigenvalue weighted by atomic mass is 79.9. The Morgan fingerprint density at radius 2 is 2.38 bits per heavy atom. The van der Waals surface area contributed by atoms with Gasteiger partial charge in [0.2, 0.25) is 0 Å². The van der Waals surface area contributed by atoms with Gasteiger partial charge in [-0.05, 0) is 28.1 Å². The van der Waals surface area contributed by atoms with Gasteiger partial charge in [0.15, 0.2) is 0 Å². The molecule has 0 bridgehead atoms. The third-order valence-corrected chi connectivity index (χ3v) is 4.65. The third kappa shape index (κ3) is 2.24. The van der Waals surface area contributed by atoms with Crippen LogP contribution in [0.25, 0.3) is 0 Å². The average molecular weight is 321 g/mol. The molecule has 1 unspecified atom stereocenters. The Morgan fingerprint density at radius 3 is 2.94 bits per heavy atom. The van der Waals surface area contributed by atoms with Crippen LogP contribution in [0.15, 0.2) is 15.9 Å². The topological polar surface area (TPSA) is 23.6 Å². The second-order valence-electron chi connectivity index (χ2n) is 3.72. The molecular weight excluding hydrogens is 308 g/mol. The highest BCUT2D eigenvalue weighted by molar-refractivity contribution is 9.11. The molecular formula is C10H13BrN2OS2. The number of carbonyl (C=O) groups is 1. The zero-order valence-corrected chi connectivity index (χ0v) is 12.2. The maximum atomic E-state index is 11.9. The predicted octanol–water partition coefficient (Wildman–Crippen LogP) is 2.85. The fourth-order valence-electron chi connectivity index (χ4n) is 1.86. The number of urea groups is 1. The van der Waals surface area contributed by atoms with Crippen LogP contribution in [0.1, 0.15) is 10.9 Å². The van der Waals surface area contributed by atoms with Crippen molar-refractivity contribution < 1.29 is 4.79 Å². The van der Waals surface area contributed by atoms with E-state index in [9.17, 15) is 4.79 Å². The molecule has 0 spiro atoms. The van der Waals surface area contributed by atoms with Crippen LogP contribution in [0.4, 0.5) is 4.79 Å². The van der Waals surface area contributed by atoms with E-state index in [0.717, 1.165) is 16.9 Å². The van der Waals surface area contributed by atoms with Gasteiger partial charge in [-0.2, -0.15) is 12.6 Å². The molecule has 6 heteroatoms. The van der Waals surface area contributed by atoms with Crippen molar-refractivity contribution in [3.63, 3.8) is 0 Å². The Kier molecular flexibility index (Phi) is 3.81. The summed E-state index contributed by atoms with van der Waals surface area (Å²) in [6, 6.07) is 4.39. The maximum absolute atomic E-state index is 11.9. The van der Waals surface area contributed by atoms with E-state index in [-0.39, 0.29) is 12.1 Å². The van der Waals surface area contributed by atoms with Gasteiger partial charge in [0, 0.05) is 30.8 Å². The lowest BCUT2D eigenvalue weighted by Crippen LogP contribution is -2.30. The fraction of sp³-hybridized carbons (Fsp3) is 0.500. The molecule has 0 N–H and O–H groups in total. The minimum atomic E-state index is 0.101. The van der Waals surface area contributed by atoms with Crippen molar-refractivity contribution in [1.29, 1.82) is 0 Å². The van der Waals surface area contributed by atoms with E-state index in [0.29, 0.717) is 5.75 Å². The standard InChI is InChI=1S/C10H13BrN2OS2/c1-12-7(8-2-3-9(11)16-8)6-13(4-5-15)10(12)14/h2-3,7,15H,4-6H2,1H3. The Bertz CT molecular complexity index is 396. The van der Waals surface area contributed by atoms with Crippen molar-refractivity contribution >= 4 is 45.9 Å². The highest BCUT2D eigenvalue weighted by Gasteiger charge is 2.35. The molecule has 0 aromatic carbocycles. The number of nitrogens with zero attached hydrogens (tertiary/aromatic N) is 2. The summed E-state index contributed by atoms with van der Waals surface area (Å²) in [7, 11) is 1.86. The summed E-state index contributed by atoms with van der Waals surface area (Å²) in [5, 5.41) is 0. The Hall–Kier alpha value is -0.200. The first-order valence-electron chi connectivity index (χ1n) is 5.01. The van der Waals surface area contributed by atoms with Gasteiger partial charge in [-0.15, -0.1) is 11.3 Å². The molecule has 1 aromatic rings. The van der Waals surface area contributed by atoms with E-state index in [2.05, 4.69) is 34.6 Å². The number of amides is 2. The lowest BCUT2D eigenvalue weighted by molar-refractivity contribution is 0.197. The number of thiophene rings is 1. The fourth-order valence-corrected chi connectivity index (χ4v) is 3.66. The van der Waals surface area contributed by atoms with Crippen LogP contribution >= 0.6 is 39.9 Å². The SMILES string of the molecule is CN1C(=O)N(CCS)CC1c1ccc(Br)s1. The summed E-state index contributed by atoms with van der Waals surface area (Å²) in [5.74, 6) is 0.709. The number of hydrogen-bond donors (Lipinski definition) is 1. The Labute approximate surface area is 113 Å². The van der Waals surface area contributed by atoms with Gasteiger partial charge >= 0.3 is 6.03 Å². The average Bonchev–Trinajstić information content (AvgIpc) is 2.78. The maximum Gasteiger partial charge on any atom is 0.320 e. The minimum Gasteiger partial charge on any atom is -0.321 e. The lowest BCUT2D eigenvalue weighted by atomic mass is 10.2. The smallest absolute Gasteiger partial charge is 0.320 e. The molecule has 1 aliphatic rings. The van der Waals surface area contributed by atoms with Crippen molar-refractivity contribution in [1.82, 2.24) is 9.80 Å². The van der Waals surface area contributed by atoms with E-state index < -0.39 is 0 Å². The van der Waals surface area contributed by atoms with E-state index >= 15 is 0 Å². The molecule has 0 saturated carbocycles. The van der Waals surface area contributed by atoms with Crippen LogP contribution in [-0.2, 0) is 0 Å². The molecule has 1 atom stereocenters. The lowest BCUT2D eigenvalue weighted by Gasteiger charge is -2.15. The van der Waals surface area contributed by atoms with Crippen LogP contribution < -0.4 is 0 Å². The molecule has 1 aliphatic heterocycles. The molecule has 0 aliphatic carbocycles. The van der Waals surface area contributed by atoms with E-state index in [1.165, 1.54) is 4.88 Å². The van der Waals surface area contributed by atoms with E-state index in [1.54, 1.807) is 11.3 Å². The first-order valence-corrected chi connectivity index (χ1v) is 7.25. The number of likely N-dealkylation sites (N-methyl/N-ethyl adjacent to an activating group) is 1. The van der Waals surface area contributed by atoms with Crippen molar-refractivity contribution in [3.8, 4) is 0 Å². The number of thiol groups is 1. The van der Waals surface area contributed by atoms with Gasteiger partial charge in [0.25, 0.3) is 0 Å². The predicted molar refractivity (Wildman–Crippen MR) is 73.3 cm³/mol. The van der Waals surface area contributed by atoms with Crippen LogP contribution in [0.3, 0.4) is 0 Å². The molecule has 88 valence electrons. The molecule has 2 heterocycles. The molecule has 1 aromatic heterocycles. The zero-order chi connectivity index (χ0) is 11.7. The number of carbonyl (C=O) groups excluding carboxylic acids is 1. The van der Waals surface area contributed by atoms with E-state index in [1.807, 2.05) is 22.9 Å². The van der Waals surface area contributed by atoms with Gasteiger partial charge in [-0.25, -0.2) is 4.79 Å². The number of halogens is 1. The molecule has 2 amide bonds. The molecule has 3 nitrogen and oxygen atoms in total. The van der Waals surface area contributed by atoms with Gasteiger partial charge in [0.05, 0.1) is 9.83 Å². The van der Waals surface area contributed by atoms with Crippen LogP contribution in [0, 0.1) is 0 Å². The summed E-state index contributed by atoms with van der Waals surface area (Å²) in [5.41, 5.74) is 0. The van der Waals surface area contributed by atoms with Crippen molar-refractivity contribution in [3.05, 3.63) is 20.8 Å². The van der Waals surface area contributed by atoms with Gasteiger partial charge in [-0.3, -0.25) is 0 Å². The summed E-state index contributed by atoms with van der Waals surface area (Å²) in [6.45, 7) is 1.48. The van der Waals surface area contributed by atoms with Crippen LogP contribution in [-0.4, -0.2) is 41.7 Å². The summed E-state index contributed by atoms with van der Waals surface area (Å²) >= 11 is 9.31. The van der Waals surface area contributed by atoms with Crippen molar-refractivity contribution in [2.45, 2.75) is 6.04 Å². The Morgan fingerprint density at radius 1 is 1.62 bits per heavy atom. The number of hydrogen-bond acceptors (Lipinski definition) is 3. The molecule has 16 heavy (non-hydrogen) atoms. The molecule has 2 rings (SSSR count). The summed E-state index contributed by atoms with van der Waals surface area (Å²) in [4.78, 5) is 16.8. The van der Waals surface area contributed by atoms with E-state index in [4.69, 9.17) is 0 Å².